The Balaban J connectivity index is 1.24. The normalized spacial score (nSPS) is 12.2. The number of para-hydroxylation sites is 2. The van der Waals surface area contributed by atoms with Crippen molar-refractivity contribution < 1.29 is 0 Å². The maximum Gasteiger partial charge on any atom is 0.166 e. The molecule has 0 atom stereocenters. The zero-order chi connectivity index (χ0) is 33.9. The van der Waals surface area contributed by atoms with Gasteiger partial charge in [-0.1, -0.05) is 127 Å². The number of hydrogen-bond acceptors (Lipinski definition) is 3. The number of benzene rings is 8. The molecule has 0 amide bonds. The minimum atomic E-state index is 0.634. The molecule has 0 saturated carbocycles. The first-order valence-electron chi connectivity index (χ1n) is 17.6. The lowest BCUT2D eigenvalue weighted by Crippen LogP contribution is -2.03. The van der Waals surface area contributed by atoms with E-state index in [1.807, 2.05) is 36.4 Å². The first-order chi connectivity index (χ1) is 25.8. The van der Waals surface area contributed by atoms with Crippen LogP contribution in [0, 0.1) is 0 Å². The van der Waals surface area contributed by atoms with Gasteiger partial charge in [-0.3, -0.25) is 0 Å². The summed E-state index contributed by atoms with van der Waals surface area (Å²) in [6, 6.07) is 58.2. The van der Waals surface area contributed by atoms with Crippen LogP contribution in [0.3, 0.4) is 0 Å². The topological polar surface area (TPSA) is 48.0 Å². The summed E-state index contributed by atoms with van der Waals surface area (Å²) in [6.45, 7) is 0. The van der Waals surface area contributed by atoms with Gasteiger partial charge in [-0.25, -0.2) is 15.0 Å². The van der Waals surface area contributed by atoms with Gasteiger partial charge in [-0.2, -0.15) is 0 Å². The molecule has 0 bridgehead atoms. The third kappa shape index (κ3) is 3.64. The van der Waals surface area contributed by atoms with Crippen LogP contribution in [0.5, 0.6) is 0 Å². The van der Waals surface area contributed by atoms with Gasteiger partial charge in [0.25, 0.3) is 0 Å². The molecule has 12 rings (SSSR count). The van der Waals surface area contributed by atoms with E-state index in [1.165, 1.54) is 59.6 Å². The molecular formula is C47H27N5. The van der Waals surface area contributed by atoms with Crippen molar-refractivity contribution in [2.24, 2.45) is 0 Å². The molecule has 0 aliphatic heterocycles. The number of hydrogen-bond donors (Lipinski definition) is 0. The van der Waals surface area contributed by atoms with Gasteiger partial charge in [0, 0.05) is 49.0 Å². The van der Waals surface area contributed by atoms with Crippen LogP contribution in [0.1, 0.15) is 0 Å². The van der Waals surface area contributed by atoms with Gasteiger partial charge in [-0.05, 0) is 47.2 Å². The lowest BCUT2D eigenvalue weighted by Gasteiger charge is -2.15. The standard InChI is InChI=1S/C47H27N5/c1-3-12-30(13-4-1)45-48-46(31-14-5-2-6-15-31)50-47(49-45)34-18-8-10-20-36(34)51-38-26-23-28-16-11-21-37-40(28)42(38)43-39(51)27-24-29-22-25-33-32-17-7-9-19-35(32)52(37)44(33)41(29)43/h1-27H. The lowest BCUT2D eigenvalue weighted by molar-refractivity contribution is 1.06. The number of rotatable bonds is 4. The van der Waals surface area contributed by atoms with Gasteiger partial charge in [0.1, 0.15) is 0 Å². The average Bonchev–Trinajstić information content (AvgIpc) is 3.69. The summed E-state index contributed by atoms with van der Waals surface area (Å²) in [5, 5.41) is 10.1. The fraction of sp³-hybridized carbons (Fsp3) is 0. The Morgan fingerprint density at radius 2 is 0.923 bits per heavy atom. The zero-order valence-corrected chi connectivity index (χ0v) is 27.8. The highest BCUT2D eigenvalue weighted by Crippen LogP contribution is 2.48. The average molecular weight is 662 g/mol. The zero-order valence-electron chi connectivity index (χ0n) is 27.8. The Hall–Kier alpha value is -7.11. The quantitative estimate of drug-likeness (QED) is 0.189. The second-order valence-corrected chi connectivity index (χ2v) is 13.6. The molecule has 5 nitrogen and oxygen atoms in total. The number of aromatic nitrogens is 5. The smallest absolute Gasteiger partial charge is 0.166 e. The summed E-state index contributed by atoms with van der Waals surface area (Å²) in [5.41, 5.74) is 9.88. The van der Waals surface area contributed by atoms with Crippen LogP contribution >= 0.6 is 0 Å². The maximum absolute atomic E-state index is 5.16. The molecule has 8 aromatic carbocycles. The molecule has 0 aliphatic carbocycles. The minimum Gasteiger partial charge on any atom is -0.308 e. The minimum absolute atomic E-state index is 0.634. The van der Waals surface area contributed by atoms with Crippen LogP contribution in [-0.4, -0.2) is 23.9 Å². The highest BCUT2D eigenvalue weighted by Gasteiger charge is 2.25. The molecular weight excluding hydrogens is 635 g/mol. The monoisotopic (exact) mass is 661 g/mol. The van der Waals surface area contributed by atoms with E-state index in [0.717, 1.165) is 33.4 Å². The number of fused-ring (bicyclic) bond motifs is 4. The summed E-state index contributed by atoms with van der Waals surface area (Å²) in [4.78, 5) is 15.3. The fourth-order valence-corrected chi connectivity index (χ4v) is 8.70. The van der Waals surface area contributed by atoms with Crippen LogP contribution in [-0.2, 0) is 0 Å². The third-order valence-electron chi connectivity index (χ3n) is 10.9. The molecule has 5 heteroatoms. The van der Waals surface area contributed by atoms with Gasteiger partial charge in [0.2, 0.25) is 0 Å². The second kappa shape index (κ2) is 10.2. The Labute approximate surface area is 297 Å². The molecule has 12 aromatic rings. The Kier molecular flexibility index (Phi) is 5.44. The molecule has 0 radical (unpaired) electrons. The van der Waals surface area contributed by atoms with Gasteiger partial charge in [-0.15, -0.1) is 0 Å². The Morgan fingerprint density at radius 1 is 0.346 bits per heavy atom. The first-order valence-corrected chi connectivity index (χ1v) is 17.6. The molecule has 0 saturated heterocycles. The summed E-state index contributed by atoms with van der Waals surface area (Å²) >= 11 is 0. The van der Waals surface area contributed by atoms with Crippen LogP contribution < -0.4 is 0 Å². The molecule has 0 fully saturated rings. The number of nitrogens with zero attached hydrogens (tertiary/aromatic N) is 5. The second-order valence-electron chi connectivity index (χ2n) is 13.6. The largest absolute Gasteiger partial charge is 0.308 e. The van der Waals surface area contributed by atoms with E-state index >= 15 is 0 Å². The van der Waals surface area contributed by atoms with E-state index in [4.69, 9.17) is 15.0 Å². The summed E-state index contributed by atoms with van der Waals surface area (Å²) in [5.74, 6) is 1.93. The summed E-state index contributed by atoms with van der Waals surface area (Å²) in [7, 11) is 0. The van der Waals surface area contributed by atoms with E-state index < -0.39 is 0 Å². The van der Waals surface area contributed by atoms with Gasteiger partial charge in [0.05, 0.1) is 33.3 Å². The van der Waals surface area contributed by atoms with Crippen molar-refractivity contribution in [3.05, 3.63) is 164 Å². The predicted molar refractivity (Wildman–Crippen MR) is 214 cm³/mol. The molecule has 240 valence electrons. The maximum atomic E-state index is 5.16. The van der Waals surface area contributed by atoms with Crippen molar-refractivity contribution in [3.8, 4) is 39.9 Å². The molecule has 0 N–H and O–H groups in total. The lowest BCUT2D eigenvalue weighted by atomic mass is 9.98. The highest BCUT2D eigenvalue weighted by molar-refractivity contribution is 6.37. The third-order valence-corrected chi connectivity index (χ3v) is 10.9. The van der Waals surface area contributed by atoms with Crippen molar-refractivity contribution in [1.29, 1.82) is 0 Å². The molecule has 4 aromatic heterocycles. The molecule has 0 spiro atoms. The molecule has 0 unspecified atom stereocenters. The van der Waals surface area contributed by atoms with Crippen LogP contribution in [0.2, 0.25) is 0 Å². The summed E-state index contributed by atoms with van der Waals surface area (Å²) in [6.07, 6.45) is 0. The van der Waals surface area contributed by atoms with Crippen LogP contribution in [0.4, 0.5) is 0 Å². The molecule has 4 heterocycles. The van der Waals surface area contributed by atoms with Gasteiger partial charge < -0.3 is 8.97 Å². The van der Waals surface area contributed by atoms with E-state index in [-0.39, 0.29) is 0 Å². The highest BCUT2D eigenvalue weighted by atomic mass is 15.1. The van der Waals surface area contributed by atoms with E-state index in [1.54, 1.807) is 0 Å². The van der Waals surface area contributed by atoms with Gasteiger partial charge >= 0.3 is 0 Å². The van der Waals surface area contributed by atoms with E-state index in [2.05, 4.69) is 136 Å². The van der Waals surface area contributed by atoms with Crippen molar-refractivity contribution >= 4 is 70.7 Å². The van der Waals surface area contributed by atoms with E-state index in [9.17, 15) is 0 Å². The van der Waals surface area contributed by atoms with Gasteiger partial charge in [0.15, 0.2) is 17.5 Å². The molecule has 52 heavy (non-hydrogen) atoms. The van der Waals surface area contributed by atoms with Crippen molar-refractivity contribution in [1.82, 2.24) is 23.9 Å². The molecule has 0 aliphatic rings. The first kappa shape index (κ1) is 27.7. The van der Waals surface area contributed by atoms with Crippen molar-refractivity contribution in [2.75, 3.05) is 0 Å². The van der Waals surface area contributed by atoms with Crippen molar-refractivity contribution in [2.45, 2.75) is 0 Å². The fourth-order valence-electron chi connectivity index (χ4n) is 8.70. The van der Waals surface area contributed by atoms with Crippen LogP contribution in [0.15, 0.2) is 164 Å². The SMILES string of the molecule is c1ccc(-c2nc(-c3ccccc3)nc(-c3ccccc3-n3c4ccc5cccc6c5c4c4c5c(ccc7c8ccccc8n6c75)ccc43)n2)cc1. The van der Waals surface area contributed by atoms with E-state index in [0.29, 0.717) is 17.5 Å². The predicted octanol–water partition coefficient (Wildman–Crippen LogP) is 11.7. The van der Waals surface area contributed by atoms with Crippen molar-refractivity contribution in [3.63, 3.8) is 0 Å². The Bertz CT molecular complexity index is 3280. The van der Waals surface area contributed by atoms with Crippen LogP contribution in [0.25, 0.3) is 111 Å². The Morgan fingerprint density at radius 3 is 1.67 bits per heavy atom. The summed E-state index contributed by atoms with van der Waals surface area (Å²) < 4.78 is 4.94.